The summed E-state index contributed by atoms with van der Waals surface area (Å²) in [5.74, 6) is -0.371. The number of anilines is 1. The number of aromatic amines is 1. The number of carbonyl (C=O) groups excluding carboxylic acids is 1. The van der Waals surface area contributed by atoms with Gasteiger partial charge in [0.25, 0.3) is 11.5 Å². The Kier molecular flexibility index (Phi) is 3.53. The molecule has 0 unspecified atom stereocenters. The van der Waals surface area contributed by atoms with Gasteiger partial charge in [0.15, 0.2) is 5.69 Å². The van der Waals surface area contributed by atoms with Crippen LogP contribution in [0.15, 0.2) is 57.8 Å². The summed E-state index contributed by atoms with van der Waals surface area (Å²) in [4.78, 5) is 24.0. The van der Waals surface area contributed by atoms with Crippen molar-refractivity contribution in [1.82, 2.24) is 10.2 Å². The quantitative estimate of drug-likeness (QED) is 0.751. The number of H-pyrrole nitrogens is 1. The smallest absolute Gasteiger partial charge is 0.276 e. The third-order valence-electron chi connectivity index (χ3n) is 3.01. The highest BCUT2D eigenvalue weighted by molar-refractivity contribution is 9.10. The zero-order chi connectivity index (χ0) is 14.8. The van der Waals surface area contributed by atoms with Gasteiger partial charge in [-0.25, -0.2) is 5.10 Å². The molecule has 0 atom stereocenters. The van der Waals surface area contributed by atoms with Crippen molar-refractivity contribution in [2.45, 2.75) is 0 Å². The van der Waals surface area contributed by atoms with Crippen molar-refractivity contribution in [3.63, 3.8) is 0 Å². The molecule has 104 valence electrons. The fourth-order valence-electron chi connectivity index (χ4n) is 2.01. The summed E-state index contributed by atoms with van der Waals surface area (Å²) in [5, 5.41) is 9.92. The second-order valence-corrected chi connectivity index (χ2v) is 5.32. The van der Waals surface area contributed by atoms with E-state index in [1.807, 2.05) is 12.1 Å². The highest BCUT2D eigenvalue weighted by atomic mass is 79.9. The van der Waals surface area contributed by atoms with Crippen LogP contribution in [0.1, 0.15) is 10.5 Å². The summed E-state index contributed by atoms with van der Waals surface area (Å²) in [5.41, 5.74) is 0.527. The van der Waals surface area contributed by atoms with E-state index in [0.29, 0.717) is 16.5 Å². The molecule has 0 bridgehead atoms. The topological polar surface area (TPSA) is 74.8 Å². The predicted octanol–water partition coefficient (Wildman–Crippen LogP) is 2.94. The van der Waals surface area contributed by atoms with Crippen LogP contribution in [0.3, 0.4) is 0 Å². The molecule has 0 aliphatic rings. The van der Waals surface area contributed by atoms with Gasteiger partial charge in [-0.15, -0.1) is 0 Å². The molecule has 0 spiro atoms. The predicted molar refractivity (Wildman–Crippen MR) is 84.5 cm³/mol. The molecule has 2 N–H and O–H groups in total. The maximum absolute atomic E-state index is 12.3. The first-order chi connectivity index (χ1) is 10.1. The van der Waals surface area contributed by atoms with Gasteiger partial charge in [-0.05, 0) is 30.3 Å². The molecule has 2 aromatic carbocycles. The fraction of sp³-hybridized carbons (Fsp3) is 0. The van der Waals surface area contributed by atoms with E-state index in [2.05, 4.69) is 31.4 Å². The van der Waals surface area contributed by atoms with E-state index in [1.54, 1.807) is 36.4 Å². The van der Waals surface area contributed by atoms with Crippen LogP contribution in [0.5, 0.6) is 0 Å². The Hall–Kier alpha value is -2.47. The van der Waals surface area contributed by atoms with Gasteiger partial charge in [-0.3, -0.25) is 9.59 Å². The van der Waals surface area contributed by atoms with Crippen LogP contribution >= 0.6 is 15.9 Å². The molecule has 1 amide bonds. The lowest BCUT2D eigenvalue weighted by atomic mass is 10.1. The molecule has 5 nitrogen and oxygen atoms in total. The highest BCUT2D eigenvalue weighted by Gasteiger charge is 2.13. The van der Waals surface area contributed by atoms with Crippen molar-refractivity contribution < 1.29 is 4.79 Å². The molecule has 3 aromatic rings. The summed E-state index contributed by atoms with van der Waals surface area (Å²) in [6.07, 6.45) is 0. The van der Waals surface area contributed by atoms with Crippen LogP contribution in [0.4, 0.5) is 5.69 Å². The van der Waals surface area contributed by atoms with Gasteiger partial charge in [-0.1, -0.05) is 34.1 Å². The van der Waals surface area contributed by atoms with Crippen LogP contribution in [0.2, 0.25) is 0 Å². The normalized spacial score (nSPS) is 10.5. The van der Waals surface area contributed by atoms with E-state index in [4.69, 9.17) is 0 Å². The minimum atomic E-state index is -0.371. The zero-order valence-corrected chi connectivity index (χ0v) is 12.3. The SMILES string of the molecule is O=C(Nc1ccc(Br)cc1)c1n[nH]c(=O)c2ccccc12. The number of amides is 1. The molecule has 1 heterocycles. The number of hydrogen-bond donors (Lipinski definition) is 2. The fourth-order valence-corrected chi connectivity index (χ4v) is 2.28. The average molecular weight is 344 g/mol. The molecule has 0 saturated heterocycles. The number of halogens is 1. The highest BCUT2D eigenvalue weighted by Crippen LogP contribution is 2.17. The van der Waals surface area contributed by atoms with Gasteiger partial charge < -0.3 is 5.32 Å². The molecular formula is C15H10BrN3O2. The first kappa shape index (κ1) is 13.5. The van der Waals surface area contributed by atoms with Crippen LogP contribution < -0.4 is 10.9 Å². The maximum atomic E-state index is 12.3. The molecule has 1 aromatic heterocycles. The largest absolute Gasteiger partial charge is 0.321 e. The van der Waals surface area contributed by atoms with Gasteiger partial charge in [0.2, 0.25) is 0 Å². The minimum absolute atomic E-state index is 0.188. The van der Waals surface area contributed by atoms with E-state index >= 15 is 0 Å². The summed E-state index contributed by atoms with van der Waals surface area (Å²) >= 11 is 3.33. The maximum Gasteiger partial charge on any atom is 0.276 e. The van der Waals surface area contributed by atoms with Gasteiger partial charge >= 0.3 is 0 Å². The lowest BCUT2D eigenvalue weighted by Gasteiger charge is -2.06. The lowest BCUT2D eigenvalue weighted by Crippen LogP contribution is -2.19. The summed E-state index contributed by atoms with van der Waals surface area (Å²) in [6, 6.07) is 14.1. The van der Waals surface area contributed by atoms with Crippen LogP contribution in [-0.2, 0) is 0 Å². The van der Waals surface area contributed by atoms with Crippen molar-refractivity contribution in [2.75, 3.05) is 5.32 Å². The minimum Gasteiger partial charge on any atom is -0.321 e. The standard InChI is InChI=1S/C15H10BrN3O2/c16-9-5-7-10(8-6-9)17-15(21)13-11-3-1-2-4-12(11)14(20)19-18-13/h1-8H,(H,17,21)(H,19,20). The Morgan fingerprint density at radius 2 is 1.71 bits per heavy atom. The number of nitrogens with one attached hydrogen (secondary N) is 2. The molecule has 0 fully saturated rings. The monoisotopic (exact) mass is 343 g/mol. The van der Waals surface area contributed by atoms with Gasteiger partial charge in [-0.2, -0.15) is 5.10 Å². The summed E-state index contributed by atoms with van der Waals surface area (Å²) in [7, 11) is 0. The number of rotatable bonds is 2. The van der Waals surface area contributed by atoms with E-state index in [-0.39, 0.29) is 17.2 Å². The van der Waals surface area contributed by atoms with Crippen LogP contribution in [0, 0.1) is 0 Å². The number of nitrogens with zero attached hydrogens (tertiary/aromatic N) is 1. The first-order valence-corrected chi connectivity index (χ1v) is 6.99. The number of benzene rings is 2. The lowest BCUT2D eigenvalue weighted by molar-refractivity contribution is 0.102. The van der Waals surface area contributed by atoms with Crippen molar-refractivity contribution in [1.29, 1.82) is 0 Å². The second-order valence-electron chi connectivity index (χ2n) is 4.41. The van der Waals surface area contributed by atoms with E-state index in [1.165, 1.54) is 0 Å². The first-order valence-electron chi connectivity index (χ1n) is 6.19. The van der Waals surface area contributed by atoms with Crippen molar-refractivity contribution in [3.05, 3.63) is 69.1 Å². The Morgan fingerprint density at radius 1 is 1.05 bits per heavy atom. The summed E-state index contributed by atoms with van der Waals surface area (Å²) in [6.45, 7) is 0. The number of carbonyl (C=O) groups is 1. The molecule has 0 aliphatic heterocycles. The molecule has 3 rings (SSSR count). The Labute approximate surface area is 128 Å². The van der Waals surface area contributed by atoms with Crippen molar-refractivity contribution in [2.24, 2.45) is 0 Å². The molecule has 6 heteroatoms. The van der Waals surface area contributed by atoms with Crippen molar-refractivity contribution >= 4 is 38.3 Å². The number of fused-ring (bicyclic) bond motifs is 1. The third kappa shape index (κ3) is 2.71. The van der Waals surface area contributed by atoms with Gasteiger partial charge in [0, 0.05) is 15.5 Å². The average Bonchev–Trinajstić information content (AvgIpc) is 2.50. The molecular weight excluding hydrogens is 334 g/mol. The molecule has 0 radical (unpaired) electrons. The third-order valence-corrected chi connectivity index (χ3v) is 3.54. The molecule has 0 aliphatic carbocycles. The van der Waals surface area contributed by atoms with Gasteiger partial charge in [0.1, 0.15) is 0 Å². The second kappa shape index (κ2) is 5.49. The van der Waals surface area contributed by atoms with Gasteiger partial charge in [0.05, 0.1) is 5.39 Å². The van der Waals surface area contributed by atoms with Crippen molar-refractivity contribution in [3.8, 4) is 0 Å². The Morgan fingerprint density at radius 3 is 2.43 bits per heavy atom. The van der Waals surface area contributed by atoms with Crippen LogP contribution in [-0.4, -0.2) is 16.1 Å². The van der Waals surface area contributed by atoms with Crippen LogP contribution in [0.25, 0.3) is 10.8 Å². The molecule has 21 heavy (non-hydrogen) atoms. The molecule has 0 saturated carbocycles. The van der Waals surface area contributed by atoms with E-state index in [9.17, 15) is 9.59 Å². The summed E-state index contributed by atoms with van der Waals surface area (Å²) < 4.78 is 0.924. The number of hydrogen-bond acceptors (Lipinski definition) is 3. The Bertz CT molecular complexity index is 872. The Balaban J connectivity index is 2.00. The van der Waals surface area contributed by atoms with E-state index < -0.39 is 0 Å². The zero-order valence-electron chi connectivity index (χ0n) is 10.8. The van der Waals surface area contributed by atoms with E-state index in [0.717, 1.165) is 4.47 Å². The number of aromatic nitrogens is 2.